The number of amides is 2. The van der Waals surface area contributed by atoms with Gasteiger partial charge in [-0.25, -0.2) is 0 Å². The third kappa shape index (κ3) is 3.01. The van der Waals surface area contributed by atoms with Crippen LogP contribution in [0.3, 0.4) is 0 Å². The predicted octanol–water partition coefficient (Wildman–Crippen LogP) is 4.12. The van der Waals surface area contributed by atoms with Crippen LogP contribution in [0.25, 0.3) is 0 Å². The number of methoxy groups -OCH3 is 2. The molecule has 0 radical (unpaired) electrons. The number of aryl methyl sites for hydroxylation is 1. The second-order valence-electron chi connectivity index (χ2n) is 8.70. The molecule has 6 heteroatoms. The smallest absolute Gasteiger partial charge is 0.252 e. The summed E-state index contributed by atoms with van der Waals surface area (Å²) in [6, 6.07) is 18.4. The molecule has 5 rings (SSSR count). The van der Waals surface area contributed by atoms with Crippen molar-refractivity contribution in [1.82, 2.24) is 10.6 Å². The van der Waals surface area contributed by atoms with E-state index in [9.17, 15) is 9.59 Å². The molecule has 1 aliphatic heterocycles. The standard InChI is InChI=1S/C27H26N2O4/c1-15-9-11-17(12-10-15)25(30)28-24-16(2)27(20-8-6-5-7-19(20)26(31)29-27)21-13-18(32-3)14-22(33-4)23(21)24/h5-14,16,24H,1-4H3,(H,28,30)(H,29,31)/t16-,24-,27+/m0/s1. The van der Waals surface area contributed by atoms with Gasteiger partial charge in [0.05, 0.1) is 25.8 Å². The van der Waals surface area contributed by atoms with Crippen LogP contribution in [-0.2, 0) is 5.54 Å². The first-order chi connectivity index (χ1) is 15.9. The molecule has 0 saturated heterocycles. The number of carbonyl (C=O) groups excluding carboxylic acids is 2. The highest BCUT2D eigenvalue weighted by Gasteiger charge is 2.57. The van der Waals surface area contributed by atoms with E-state index in [1.165, 1.54) is 0 Å². The van der Waals surface area contributed by atoms with E-state index in [0.29, 0.717) is 22.6 Å². The van der Waals surface area contributed by atoms with Crippen molar-refractivity contribution in [3.8, 4) is 11.5 Å². The van der Waals surface area contributed by atoms with E-state index in [2.05, 4.69) is 10.6 Å². The molecular formula is C27H26N2O4. The van der Waals surface area contributed by atoms with Crippen LogP contribution >= 0.6 is 0 Å². The summed E-state index contributed by atoms with van der Waals surface area (Å²) in [5, 5.41) is 6.47. The van der Waals surface area contributed by atoms with Crippen LogP contribution in [0.2, 0.25) is 0 Å². The van der Waals surface area contributed by atoms with Gasteiger partial charge in [-0.05, 0) is 42.3 Å². The number of ether oxygens (including phenoxy) is 2. The molecule has 2 N–H and O–H groups in total. The summed E-state index contributed by atoms with van der Waals surface area (Å²) >= 11 is 0. The Bertz CT molecular complexity index is 1270. The van der Waals surface area contributed by atoms with Crippen LogP contribution in [0.5, 0.6) is 11.5 Å². The van der Waals surface area contributed by atoms with Gasteiger partial charge in [0.2, 0.25) is 0 Å². The number of hydrogen-bond acceptors (Lipinski definition) is 4. The van der Waals surface area contributed by atoms with Crippen LogP contribution in [0.1, 0.15) is 55.9 Å². The maximum atomic E-state index is 13.2. The quantitative estimate of drug-likeness (QED) is 0.637. The molecule has 1 aliphatic carbocycles. The van der Waals surface area contributed by atoms with Crippen LogP contribution in [-0.4, -0.2) is 26.0 Å². The van der Waals surface area contributed by atoms with E-state index < -0.39 is 5.54 Å². The Morgan fingerprint density at radius 3 is 2.42 bits per heavy atom. The van der Waals surface area contributed by atoms with E-state index >= 15 is 0 Å². The molecule has 0 fully saturated rings. The highest BCUT2D eigenvalue weighted by atomic mass is 16.5. The van der Waals surface area contributed by atoms with Crippen molar-refractivity contribution in [1.29, 1.82) is 0 Å². The van der Waals surface area contributed by atoms with E-state index in [1.807, 2.05) is 74.5 Å². The summed E-state index contributed by atoms with van der Waals surface area (Å²) in [6.07, 6.45) is 0. The average Bonchev–Trinajstić information content (AvgIpc) is 3.26. The summed E-state index contributed by atoms with van der Waals surface area (Å²) in [6.45, 7) is 4.04. The fourth-order valence-electron chi connectivity index (χ4n) is 5.32. The van der Waals surface area contributed by atoms with Gasteiger partial charge < -0.3 is 20.1 Å². The minimum atomic E-state index is -0.809. The first-order valence-electron chi connectivity index (χ1n) is 11.0. The monoisotopic (exact) mass is 442 g/mol. The Labute approximate surface area is 192 Å². The van der Waals surface area contributed by atoms with E-state index in [-0.39, 0.29) is 23.8 Å². The summed E-state index contributed by atoms with van der Waals surface area (Å²) in [7, 11) is 3.20. The number of benzene rings is 3. The molecular weight excluding hydrogens is 416 g/mol. The SMILES string of the molecule is COc1cc(OC)c2c(c1)[C@@]1(NC(=O)c3ccccc31)[C@@H](C)[C@@H]2NC(=O)c1ccc(C)cc1. The molecule has 33 heavy (non-hydrogen) atoms. The van der Waals surface area contributed by atoms with Gasteiger partial charge in [0, 0.05) is 28.7 Å². The molecule has 0 unspecified atom stereocenters. The molecule has 0 aromatic heterocycles. The molecule has 0 bridgehead atoms. The van der Waals surface area contributed by atoms with Crippen molar-refractivity contribution in [3.63, 3.8) is 0 Å². The van der Waals surface area contributed by atoms with Gasteiger partial charge in [-0.1, -0.05) is 42.8 Å². The first kappa shape index (κ1) is 21.1. The van der Waals surface area contributed by atoms with Gasteiger partial charge in [0.1, 0.15) is 11.5 Å². The van der Waals surface area contributed by atoms with Crippen molar-refractivity contribution in [2.24, 2.45) is 5.92 Å². The molecule has 3 aromatic rings. The Balaban J connectivity index is 1.69. The van der Waals surface area contributed by atoms with Crippen LogP contribution in [0.15, 0.2) is 60.7 Å². The zero-order valence-electron chi connectivity index (χ0n) is 19.1. The van der Waals surface area contributed by atoms with Crippen molar-refractivity contribution in [2.75, 3.05) is 14.2 Å². The van der Waals surface area contributed by atoms with E-state index in [4.69, 9.17) is 9.47 Å². The van der Waals surface area contributed by atoms with E-state index in [1.54, 1.807) is 14.2 Å². The predicted molar refractivity (Wildman–Crippen MR) is 125 cm³/mol. The minimum Gasteiger partial charge on any atom is -0.497 e. The number of nitrogens with one attached hydrogen (secondary N) is 2. The Kier molecular flexibility index (Phi) is 4.89. The maximum Gasteiger partial charge on any atom is 0.252 e. The number of rotatable bonds is 4. The van der Waals surface area contributed by atoms with Crippen LogP contribution < -0.4 is 20.1 Å². The minimum absolute atomic E-state index is 0.129. The Hall–Kier alpha value is -3.80. The highest BCUT2D eigenvalue weighted by molar-refractivity contribution is 6.01. The van der Waals surface area contributed by atoms with Crippen LogP contribution in [0.4, 0.5) is 0 Å². The fraction of sp³-hybridized carbons (Fsp3) is 0.259. The largest absolute Gasteiger partial charge is 0.497 e. The lowest BCUT2D eigenvalue weighted by Crippen LogP contribution is -2.46. The van der Waals surface area contributed by atoms with Gasteiger partial charge in [-0.3, -0.25) is 9.59 Å². The van der Waals surface area contributed by atoms with Crippen molar-refractivity contribution >= 4 is 11.8 Å². The van der Waals surface area contributed by atoms with Crippen molar-refractivity contribution in [2.45, 2.75) is 25.4 Å². The topological polar surface area (TPSA) is 76.7 Å². The van der Waals surface area contributed by atoms with Gasteiger partial charge >= 0.3 is 0 Å². The molecule has 168 valence electrons. The second-order valence-corrected chi connectivity index (χ2v) is 8.70. The van der Waals surface area contributed by atoms with E-state index in [0.717, 1.165) is 22.3 Å². The summed E-state index contributed by atoms with van der Waals surface area (Å²) < 4.78 is 11.3. The zero-order valence-corrected chi connectivity index (χ0v) is 19.1. The van der Waals surface area contributed by atoms with Gasteiger partial charge in [-0.15, -0.1) is 0 Å². The molecule has 3 aromatic carbocycles. The van der Waals surface area contributed by atoms with Crippen molar-refractivity contribution < 1.29 is 19.1 Å². The maximum absolute atomic E-state index is 13.2. The highest BCUT2D eigenvalue weighted by Crippen LogP contribution is 2.57. The van der Waals surface area contributed by atoms with Gasteiger partial charge in [-0.2, -0.15) is 0 Å². The average molecular weight is 443 g/mol. The molecule has 2 aliphatic rings. The molecule has 0 saturated carbocycles. The lowest BCUT2D eigenvalue weighted by Gasteiger charge is -2.33. The number of carbonyl (C=O) groups is 2. The van der Waals surface area contributed by atoms with Gasteiger partial charge in [0.15, 0.2) is 0 Å². The van der Waals surface area contributed by atoms with Gasteiger partial charge in [0.25, 0.3) is 11.8 Å². The molecule has 1 heterocycles. The third-order valence-electron chi connectivity index (χ3n) is 7.00. The molecule has 3 atom stereocenters. The Morgan fingerprint density at radius 1 is 1.00 bits per heavy atom. The lowest BCUT2D eigenvalue weighted by atomic mass is 9.78. The molecule has 6 nitrogen and oxygen atoms in total. The summed E-state index contributed by atoms with van der Waals surface area (Å²) in [5.41, 5.74) is 4.12. The van der Waals surface area contributed by atoms with Crippen LogP contribution in [0, 0.1) is 12.8 Å². The first-order valence-corrected chi connectivity index (χ1v) is 11.0. The van der Waals surface area contributed by atoms with Crippen molar-refractivity contribution in [3.05, 3.63) is 94.0 Å². The lowest BCUT2D eigenvalue weighted by molar-refractivity contribution is 0.0895. The molecule has 1 spiro atoms. The second kappa shape index (κ2) is 7.66. The summed E-state index contributed by atoms with van der Waals surface area (Å²) in [4.78, 5) is 26.3. The number of hydrogen-bond donors (Lipinski definition) is 2. The fourth-order valence-corrected chi connectivity index (χ4v) is 5.32. The normalized spacial score (nSPS) is 22.5. The zero-order chi connectivity index (χ0) is 23.3. The molecule has 2 amide bonds. The third-order valence-corrected chi connectivity index (χ3v) is 7.00. The Morgan fingerprint density at radius 2 is 1.73 bits per heavy atom. The number of fused-ring (bicyclic) bond motifs is 4. The summed E-state index contributed by atoms with van der Waals surface area (Å²) in [5.74, 6) is 0.749.